The lowest BCUT2D eigenvalue weighted by Gasteiger charge is -2.22. The van der Waals surface area contributed by atoms with E-state index in [2.05, 4.69) is 4.90 Å². The average Bonchev–Trinajstić information content (AvgIpc) is 2.56. The summed E-state index contributed by atoms with van der Waals surface area (Å²) in [4.78, 5) is 14.1. The van der Waals surface area contributed by atoms with Crippen LogP contribution in [-0.2, 0) is 0 Å². The molecular weight excluding hydrogens is 276 g/mol. The number of nitrogens with zero attached hydrogens (tertiary/aromatic N) is 1. The summed E-state index contributed by atoms with van der Waals surface area (Å²) < 4.78 is 26.2. The topological polar surface area (TPSA) is 40.5 Å². The number of carbonyl (C=O) groups excluding carboxylic acids is 1. The fraction of sp³-hybridized carbons (Fsp3) is 0.562. The van der Waals surface area contributed by atoms with Gasteiger partial charge in [0.15, 0.2) is 5.78 Å². The summed E-state index contributed by atoms with van der Waals surface area (Å²) in [6.45, 7) is 3.95. The molecule has 21 heavy (non-hydrogen) atoms. The van der Waals surface area contributed by atoms with Crippen molar-refractivity contribution in [3.05, 3.63) is 35.4 Å². The second kappa shape index (κ2) is 6.62. The van der Waals surface area contributed by atoms with Gasteiger partial charge in [-0.1, -0.05) is 0 Å². The van der Waals surface area contributed by atoms with Crippen LogP contribution in [-0.4, -0.2) is 41.0 Å². The van der Waals surface area contributed by atoms with Crippen LogP contribution < -0.4 is 0 Å². The minimum absolute atomic E-state index is 0.0781. The van der Waals surface area contributed by atoms with Crippen LogP contribution in [0.15, 0.2) is 18.2 Å². The number of hydrogen-bond donors (Lipinski definition) is 1. The van der Waals surface area contributed by atoms with Gasteiger partial charge in [-0.25, -0.2) is 8.78 Å². The van der Waals surface area contributed by atoms with Crippen molar-refractivity contribution in [2.24, 2.45) is 0 Å². The highest BCUT2D eigenvalue weighted by Gasteiger charge is 2.25. The van der Waals surface area contributed by atoms with Gasteiger partial charge in [0.05, 0.1) is 5.60 Å². The van der Waals surface area contributed by atoms with E-state index in [1.165, 1.54) is 0 Å². The van der Waals surface area contributed by atoms with Crippen molar-refractivity contribution >= 4 is 5.78 Å². The van der Waals surface area contributed by atoms with Crippen molar-refractivity contribution in [2.75, 3.05) is 19.6 Å². The Kier molecular flexibility index (Phi) is 5.06. The highest BCUT2D eigenvalue weighted by Crippen LogP contribution is 2.21. The Hall–Kier alpha value is -1.33. The molecular formula is C16H21F2NO2. The standard InChI is InChI=1S/C16H21F2NO2/c1-16(21)4-2-6-19(8-5-16)7-3-15(20)12-9-13(17)11-14(18)10-12/h9-11,21H,2-8H2,1H3. The van der Waals surface area contributed by atoms with E-state index < -0.39 is 17.2 Å². The second-order valence-corrected chi connectivity index (χ2v) is 6.02. The molecule has 0 spiro atoms. The molecule has 0 aliphatic carbocycles. The van der Waals surface area contributed by atoms with E-state index in [-0.39, 0.29) is 17.8 Å². The van der Waals surface area contributed by atoms with Gasteiger partial charge in [0.25, 0.3) is 0 Å². The molecule has 5 heteroatoms. The first-order valence-electron chi connectivity index (χ1n) is 7.30. The molecule has 0 aromatic heterocycles. The van der Waals surface area contributed by atoms with Crippen LogP contribution >= 0.6 is 0 Å². The fourth-order valence-electron chi connectivity index (χ4n) is 2.66. The van der Waals surface area contributed by atoms with Gasteiger partial charge in [0, 0.05) is 31.1 Å². The number of carbonyl (C=O) groups is 1. The van der Waals surface area contributed by atoms with Crippen LogP contribution in [0.2, 0.25) is 0 Å². The van der Waals surface area contributed by atoms with E-state index in [1.807, 2.05) is 6.92 Å². The first-order chi connectivity index (χ1) is 9.85. The SMILES string of the molecule is CC1(O)CCCN(CCC(=O)c2cc(F)cc(F)c2)CC1. The van der Waals surface area contributed by atoms with Crippen molar-refractivity contribution in [2.45, 2.75) is 38.2 Å². The molecule has 1 aliphatic heterocycles. The lowest BCUT2D eigenvalue weighted by molar-refractivity contribution is 0.0446. The fourth-order valence-corrected chi connectivity index (χ4v) is 2.66. The Morgan fingerprint density at radius 3 is 2.57 bits per heavy atom. The molecule has 1 heterocycles. The highest BCUT2D eigenvalue weighted by atomic mass is 19.1. The maximum absolute atomic E-state index is 13.1. The molecule has 1 atom stereocenters. The molecule has 1 N–H and O–H groups in total. The van der Waals surface area contributed by atoms with Crippen LogP contribution in [0.4, 0.5) is 8.78 Å². The zero-order valence-corrected chi connectivity index (χ0v) is 12.2. The van der Waals surface area contributed by atoms with Crippen molar-refractivity contribution in [1.29, 1.82) is 0 Å². The lowest BCUT2D eigenvalue weighted by Crippen LogP contribution is -2.30. The number of rotatable bonds is 4. The largest absolute Gasteiger partial charge is 0.390 e. The van der Waals surface area contributed by atoms with E-state index in [9.17, 15) is 18.7 Å². The van der Waals surface area contributed by atoms with Gasteiger partial charge < -0.3 is 10.0 Å². The third-order valence-electron chi connectivity index (χ3n) is 4.00. The maximum Gasteiger partial charge on any atom is 0.164 e. The highest BCUT2D eigenvalue weighted by molar-refractivity contribution is 5.96. The number of aliphatic hydroxyl groups is 1. The van der Waals surface area contributed by atoms with Crippen LogP contribution in [0.5, 0.6) is 0 Å². The number of benzene rings is 1. The van der Waals surface area contributed by atoms with Crippen molar-refractivity contribution < 1.29 is 18.7 Å². The minimum atomic E-state index is -0.732. The predicted molar refractivity (Wildman–Crippen MR) is 76.2 cm³/mol. The number of Topliss-reactive ketones (excluding diaryl/α,β-unsaturated/α-hetero) is 1. The number of likely N-dealkylation sites (tertiary alicyclic amines) is 1. The summed E-state index contributed by atoms with van der Waals surface area (Å²) >= 11 is 0. The van der Waals surface area contributed by atoms with Gasteiger partial charge in [0.1, 0.15) is 11.6 Å². The third-order valence-corrected chi connectivity index (χ3v) is 4.00. The zero-order valence-electron chi connectivity index (χ0n) is 12.2. The molecule has 1 saturated heterocycles. The Balaban J connectivity index is 1.89. The Morgan fingerprint density at radius 2 is 1.90 bits per heavy atom. The molecule has 1 unspecified atom stereocenters. The first kappa shape index (κ1) is 16.0. The van der Waals surface area contributed by atoms with Gasteiger partial charge in [-0.2, -0.15) is 0 Å². The zero-order chi connectivity index (χ0) is 15.5. The van der Waals surface area contributed by atoms with Crippen LogP contribution in [0.25, 0.3) is 0 Å². The van der Waals surface area contributed by atoms with Gasteiger partial charge >= 0.3 is 0 Å². The van der Waals surface area contributed by atoms with Gasteiger partial charge in [-0.15, -0.1) is 0 Å². The van der Waals surface area contributed by atoms with Crippen molar-refractivity contribution in [1.82, 2.24) is 4.90 Å². The molecule has 2 rings (SSSR count). The summed E-state index contributed by atoms with van der Waals surface area (Å²) in [6.07, 6.45) is 2.54. The maximum atomic E-state index is 13.1. The van der Waals surface area contributed by atoms with Crippen LogP contribution in [0, 0.1) is 11.6 Å². The molecule has 0 saturated carbocycles. The van der Waals surface area contributed by atoms with Crippen molar-refractivity contribution in [3.8, 4) is 0 Å². The number of ketones is 1. The quantitative estimate of drug-likeness (QED) is 0.869. The summed E-state index contributed by atoms with van der Waals surface area (Å²) in [7, 11) is 0. The van der Waals surface area contributed by atoms with Crippen molar-refractivity contribution in [3.63, 3.8) is 0 Å². The molecule has 0 amide bonds. The first-order valence-corrected chi connectivity index (χ1v) is 7.30. The van der Waals surface area contributed by atoms with Crippen LogP contribution in [0.3, 0.4) is 0 Å². The average molecular weight is 297 g/mol. The minimum Gasteiger partial charge on any atom is -0.390 e. The van der Waals surface area contributed by atoms with E-state index in [0.717, 1.165) is 44.1 Å². The molecule has 116 valence electrons. The molecule has 0 radical (unpaired) electrons. The Labute approximate surface area is 123 Å². The van der Waals surface area contributed by atoms with Gasteiger partial charge in [-0.05, 0) is 44.9 Å². The molecule has 0 bridgehead atoms. The predicted octanol–water partition coefficient (Wildman–Crippen LogP) is 2.77. The molecule has 1 fully saturated rings. The summed E-state index contributed by atoms with van der Waals surface area (Å²) in [5.74, 6) is -1.72. The molecule has 3 nitrogen and oxygen atoms in total. The summed E-state index contributed by atoms with van der Waals surface area (Å²) in [5.41, 5.74) is -0.556. The summed E-state index contributed by atoms with van der Waals surface area (Å²) in [6, 6.07) is 2.89. The second-order valence-electron chi connectivity index (χ2n) is 6.02. The van der Waals surface area contributed by atoms with E-state index >= 15 is 0 Å². The third kappa shape index (κ3) is 4.86. The normalized spacial score (nSPS) is 23.8. The Morgan fingerprint density at radius 1 is 1.24 bits per heavy atom. The van der Waals surface area contributed by atoms with Crippen LogP contribution in [0.1, 0.15) is 43.0 Å². The van der Waals surface area contributed by atoms with Gasteiger partial charge in [-0.3, -0.25) is 4.79 Å². The number of halogens is 2. The van der Waals surface area contributed by atoms with Gasteiger partial charge in [0.2, 0.25) is 0 Å². The monoisotopic (exact) mass is 297 g/mol. The molecule has 1 aromatic carbocycles. The number of hydrogen-bond acceptors (Lipinski definition) is 3. The Bertz CT molecular complexity index is 497. The lowest BCUT2D eigenvalue weighted by atomic mass is 9.98. The van der Waals surface area contributed by atoms with E-state index in [4.69, 9.17) is 0 Å². The van der Waals surface area contributed by atoms with E-state index in [0.29, 0.717) is 13.0 Å². The molecule has 1 aliphatic rings. The summed E-state index contributed by atoms with van der Waals surface area (Å²) in [5, 5.41) is 10.0. The molecule has 1 aromatic rings. The smallest absolute Gasteiger partial charge is 0.164 e. The van der Waals surface area contributed by atoms with E-state index in [1.54, 1.807) is 0 Å².